The topological polar surface area (TPSA) is 66.6 Å². The Morgan fingerprint density at radius 3 is 2.26 bits per heavy atom. The third-order valence-electron chi connectivity index (χ3n) is 4.34. The first-order valence-corrected chi connectivity index (χ1v) is 8.02. The summed E-state index contributed by atoms with van der Waals surface area (Å²) in [5, 5.41) is 0. The van der Waals surface area contributed by atoms with Crippen LogP contribution in [0, 0.1) is 0 Å². The Balaban J connectivity index is 0.00000264. The molecular weight excluding hydrogens is 314 g/mol. The number of likely N-dealkylation sites (tertiary alicyclic amines) is 1. The van der Waals surface area contributed by atoms with Crippen molar-refractivity contribution in [1.29, 1.82) is 0 Å². The fourth-order valence-electron chi connectivity index (χ4n) is 2.96. The average molecular weight is 340 g/mol. The molecule has 5 nitrogen and oxygen atoms in total. The maximum atomic E-state index is 12.5. The second-order valence-corrected chi connectivity index (χ2v) is 5.59. The van der Waals surface area contributed by atoms with E-state index in [4.69, 9.17) is 5.73 Å². The molecule has 6 heteroatoms. The maximum Gasteiger partial charge on any atom is 0.254 e. The molecule has 1 aliphatic heterocycles. The van der Waals surface area contributed by atoms with Gasteiger partial charge in [0.25, 0.3) is 11.8 Å². The number of amides is 2. The normalized spacial score (nSPS) is 16.8. The molecule has 1 aliphatic rings. The number of halogens is 1. The summed E-state index contributed by atoms with van der Waals surface area (Å²) in [5.74, 6) is 0.0137. The van der Waals surface area contributed by atoms with E-state index in [1.54, 1.807) is 29.2 Å². The molecule has 2 N–H and O–H groups in total. The van der Waals surface area contributed by atoms with E-state index >= 15 is 0 Å². The largest absolute Gasteiger partial charge is 0.339 e. The van der Waals surface area contributed by atoms with Crippen LogP contribution in [0.4, 0.5) is 0 Å². The van der Waals surface area contributed by atoms with E-state index in [1.165, 1.54) is 0 Å². The lowest BCUT2D eigenvalue weighted by molar-refractivity contribution is 0.0737. The number of carbonyl (C=O) groups is 2. The van der Waals surface area contributed by atoms with Gasteiger partial charge in [-0.25, -0.2) is 0 Å². The lowest BCUT2D eigenvalue weighted by Gasteiger charge is -2.23. The molecule has 1 saturated heterocycles. The molecule has 0 aromatic heterocycles. The first-order valence-electron chi connectivity index (χ1n) is 8.02. The van der Waals surface area contributed by atoms with Crippen LogP contribution in [0.3, 0.4) is 0 Å². The second kappa shape index (κ2) is 8.89. The van der Waals surface area contributed by atoms with Gasteiger partial charge in [0, 0.05) is 43.3 Å². The van der Waals surface area contributed by atoms with Gasteiger partial charge in [-0.05, 0) is 51.0 Å². The van der Waals surface area contributed by atoms with E-state index in [0.29, 0.717) is 30.8 Å². The average Bonchev–Trinajstić information content (AvgIpc) is 3.04. The predicted octanol–water partition coefficient (Wildman–Crippen LogP) is 2.15. The summed E-state index contributed by atoms with van der Waals surface area (Å²) in [4.78, 5) is 28.4. The molecule has 1 fully saturated rings. The molecule has 1 heterocycles. The van der Waals surface area contributed by atoms with E-state index < -0.39 is 0 Å². The van der Waals surface area contributed by atoms with Gasteiger partial charge < -0.3 is 15.5 Å². The summed E-state index contributed by atoms with van der Waals surface area (Å²) in [7, 11) is 0. The van der Waals surface area contributed by atoms with Crippen LogP contribution in [-0.4, -0.2) is 53.8 Å². The molecule has 1 aromatic rings. The van der Waals surface area contributed by atoms with Gasteiger partial charge >= 0.3 is 0 Å². The number of hydrogen-bond acceptors (Lipinski definition) is 3. The highest BCUT2D eigenvalue weighted by Gasteiger charge is 2.28. The van der Waals surface area contributed by atoms with Crippen molar-refractivity contribution in [3.63, 3.8) is 0 Å². The van der Waals surface area contributed by atoms with E-state index in [1.807, 2.05) is 18.7 Å². The SMILES string of the molecule is CCN(CC)C(=O)c1ccc(C(=O)N2CCCC2CN)cc1.Cl. The molecule has 0 spiro atoms. The zero-order valence-corrected chi connectivity index (χ0v) is 14.6. The van der Waals surface area contributed by atoms with Gasteiger partial charge in [-0.1, -0.05) is 0 Å². The summed E-state index contributed by atoms with van der Waals surface area (Å²) < 4.78 is 0. The molecule has 2 rings (SSSR count). The van der Waals surface area contributed by atoms with Crippen molar-refractivity contribution in [2.75, 3.05) is 26.2 Å². The Bertz CT molecular complexity index is 529. The van der Waals surface area contributed by atoms with Crippen molar-refractivity contribution in [2.45, 2.75) is 32.7 Å². The zero-order valence-electron chi connectivity index (χ0n) is 13.8. The van der Waals surface area contributed by atoms with Crippen LogP contribution in [0.2, 0.25) is 0 Å². The molecule has 23 heavy (non-hydrogen) atoms. The number of carbonyl (C=O) groups excluding carboxylic acids is 2. The summed E-state index contributed by atoms with van der Waals surface area (Å²) in [6.45, 7) is 6.55. The van der Waals surface area contributed by atoms with Gasteiger partial charge in [0.15, 0.2) is 0 Å². The van der Waals surface area contributed by atoms with Crippen LogP contribution in [-0.2, 0) is 0 Å². The van der Waals surface area contributed by atoms with Gasteiger partial charge in [0.05, 0.1) is 0 Å². The first-order chi connectivity index (χ1) is 10.6. The zero-order chi connectivity index (χ0) is 16.1. The van der Waals surface area contributed by atoms with Crippen molar-refractivity contribution >= 4 is 24.2 Å². The predicted molar refractivity (Wildman–Crippen MR) is 94.1 cm³/mol. The fourth-order valence-corrected chi connectivity index (χ4v) is 2.96. The van der Waals surface area contributed by atoms with Crippen LogP contribution < -0.4 is 5.73 Å². The van der Waals surface area contributed by atoms with E-state index in [0.717, 1.165) is 19.4 Å². The Labute approximate surface area is 144 Å². The number of nitrogens with two attached hydrogens (primary N) is 1. The monoisotopic (exact) mass is 339 g/mol. The summed E-state index contributed by atoms with van der Waals surface area (Å²) in [6, 6.07) is 7.10. The Morgan fingerprint density at radius 1 is 1.17 bits per heavy atom. The van der Waals surface area contributed by atoms with Crippen LogP contribution in [0.1, 0.15) is 47.4 Å². The molecular formula is C17H26ClN3O2. The molecule has 1 unspecified atom stereocenters. The standard InChI is InChI=1S/C17H25N3O2.ClH/c1-3-19(4-2)16(21)13-7-9-14(10-8-13)17(22)20-11-5-6-15(20)12-18;/h7-10,15H,3-6,11-12,18H2,1-2H3;1H. The molecule has 128 valence electrons. The van der Waals surface area contributed by atoms with Gasteiger partial charge in [-0.15, -0.1) is 12.4 Å². The molecule has 0 saturated carbocycles. The Kier molecular flexibility index (Phi) is 7.52. The highest BCUT2D eigenvalue weighted by Crippen LogP contribution is 2.19. The third kappa shape index (κ3) is 4.24. The van der Waals surface area contributed by atoms with E-state index in [9.17, 15) is 9.59 Å². The highest BCUT2D eigenvalue weighted by molar-refractivity contribution is 5.98. The molecule has 0 bridgehead atoms. The van der Waals surface area contributed by atoms with Crippen LogP contribution in [0.25, 0.3) is 0 Å². The van der Waals surface area contributed by atoms with Crippen molar-refractivity contribution in [2.24, 2.45) is 5.73 Å². The van der Waals surface area contributed by atoms with E-state index in [2.05, 4.69) is 0 Å². The van der Waals surface area contributed by atoms with Crippen molar-refractivity contribution in [1.82, 2.24) is 9.80 Å². The van der Waals surface area contributed by atoms with Crippen LogP contribution in [0.5, 0.6) is 0 Å². The summed E-state index contributed by atoms with van der Waals surface area (Å²) in [5.41, 5.74) is 6.97. The summed E-state index contributed by atoms with van der Waals surface area (Å²) in [6.07, 6.45) is 1.98. The molecule has 0 aliphatic carbocycles. The quantitative estimate of drug-likeness (QED) is 0.893. The van der Waals surface area contributed by atoms with E-state index in [-0.39, 0.29) is 30.3 Å². The molecule has 1 atom stereocenters. The Morgan fingerprint density at radius 2 is 1.74 bits per heavy atom. The number of rotatable bonds is 5. The maximum absolute atomic E-state index is 12.5. The highest BCUT2D eigenvalue weighted by atomic mass is 35.5. The molecule has 2 amide bonds. The first kappa shape index (κ1) is 19.5. The number of hydrogen-bond donors (Lipinski definition) is 1. The van der Waals surface area contributed by atoms with Crippen molar-refractivity contribution < 1.29 is 9.59 Å². The summed E-state index contributed by atoms with van der Waals surface area (Å²) >= 11 is 0. The lowest BCUT2D eigenvalue weighted by Crippen LogP contribution is -2.39. The fraction of sp³-hybridized carbons (Fsp3) is 0.529. The van der Waals surface area contributed by atoms with Gasteiger partial charge in [0.2, 0.25) is 0 Å². The molecule has 0 radical (unpaired) electrons. The minimum Gasteiger partial charge on any atom is -0.339 e. The molecule has 1 aromatic carbocycles. The lowest BCUT2D eigenvalue weighted by atomic mass is 10.1. The van der Waals surface area contributed by atoms with Crippen molar-refractivity contribution in [3.8, 4) is 0 Å². The van der Waals surface area contributed by atoms with Crippen molar-refractivity contribution in [3.05, 3.63) is 35.4 Å². The second-order valence-electron chi connectivity index (χ2n) is 5.59. The Hall–Kier alpha value is -1.59. The smallest absolute Gasteiger partial charge is 0.254 e. The number of nitrogens with zero attached hydrogens (tertiary/aromatic N) is 2. The van der Waals surface area contributed by atoms with Gasteiger partial charge in [-0.2, -0.15) is 0 Å². The van der Waals surface area contributed by atoms with Gasteiger partial charge in [0.1, 0.15) is 0 Å². The van der Waals surface area contributed by atoms with Crippen LogP contribution >= 0.6 is 12.4 Å². The van der Waals surface area contributed by atoms with Gasteiger partial charge in [-0.3, -0.25) is 9.59 Å². The van der Waals surface area contributed by atoms with Crippen LogP contribution in [0.15, 0.2) is 24.3 Å². The minimum atomic E-state index is 0. The number of benzene rings is 1. The minimum absolute atomic E-state index is 0. The third-order valence-corrected chi connectivity index (χ3v) is 4.34.